The molecule has 1 aliphatic heterocycles. The maximum absolute atomic E-state index is 12.5. The standard InChI is InChI=1S/C13H17F3N2S.ClH/c14-13(15,16)12-4-2-9(19-12)6-18-5-8-1-3-11(17)10(8)7-18;/h2,4,8,10-11H,1,3,5-7,17H2;1H. The van der Waals surface area contributed by atoms with Gasteiger partial charge in [-0.3, -0.25) is 4.90 Å². The molecular formula is C13H18ClF3N2S. The largest absolute Gasteiger partial charge is 0.425 e. The highest BCUT2D eigenvalue weighted by Crippen LogP contribution is 2.39. The zero-order valence-electron chi connectivity index (χ0n) is 10.9. The summed E-state index contributed by atoms with van der Waals surface area (Å²) in [7, 11) is 0. The van der Waals surface area contributed by atoms with Gasteiger partial charge in [0, 0.05) is 30.6 Å². The number of halogens is 4. The number of hydrogen-bond donors (Lipinski definition) is 1. The average Bonchev–Trinajstić information content (AvgIpc) is 2.97. The lowest BCUT2D eigenvalue weighted by molar-refractivity contribution is -0.134. The first-order chi connectivity index (χ1) is 8.93. The van der Waals surface area contributed by atoms with Crippen molar-refractivity contribution in [2.24, 2.45) is 17.6 Å². The quantitative estimate of drug-likeness (QED) is 0.903. The Hall–Kier alpha value is -0.300. The molecule has 1 aromatic rings. The van der Waals surface area contributed by atoms with Crippen LogP contribution in [0.3, 0.4) is 0 Å². The van der Waals surface area contributed by atoms with Crippen LogP contribution in [0, 0.1) is 11.8 Å². The second kappa shape index (κ2) is 5.83. The molecule has 2 N–H and O–H groups in total. The molecule has 2 fully saturated rings. The molecule has 3 atom stereocenters. The summed E-state index contributed by atoms with van der Waals surface area (Å²) >= 11 is 0.858. The highest BCUT2D eigenvalue weighted by Gasteiger charge is 2.41. The van der Waals surface area contributed by atoms with Crippen LogP contribution in [-0.2, 0) is 12.7 Å². The second-order valence-corrected chi connectivity index (χ2v) is 6.79. The summed E-state index contributed by atoms with van der Waals surface area (Å²) in [4.78, 5) is 2.54. The molecule has 0 bridgehead atoms. The normalized spacial score (nSPS) is 30.3. The van der Waals surface area contributed by atoms with Gasteiger partial charge in [-0.1, -0.05) is 0 Å². The van der Waals surface area contributed by atoms with Crippen LogP contribution in [0.5, 0.6) is 0 Å². The number of hydrogen-bond acceptors (Lipinski definition) is 3. The minimum absolute atomic E-state index is 0. The Morgan fingerprint density at radius 1 is 1.25 bits per heavy atom. The van der Waals surface area contributed by atoms with Crippen LogP contribution < -0.4 is 5.73 Å². The molecule has 2 heterocycles. The Morgan fingerprint density at radius 3 is 2.60 bits per heavy atom. The number of nitrogens with two attached hydrogens (primary N) is 1. The first-order valence-corrected chi connectivity index (χ1v) is 7.39. The van der Waals surface area contributed by atoms with Crippen molar-refractivity contribution in [1.29, 1.82) is 0 Å². The summed E-state index contributed by atoms with van der Waals surface area (Å²) in [5.41, 5.74) is 6.06. The molecule has 0 aromatic carbocycles. The lowest BCUT2D eigenvalue weighted by atomic mass is 9.98. The molecule has 2 nitrogen and oxygen atoms in total. The van der Waals surface area contributed by atoms with Gasteiger partial charge in [0.15, 0.2) is 0 Å². The van der Waals surface area contributed by atoms with Crippen LogP contribution in [0.4, 0.5) is 13.2 Å². The predicted molar refractivity (Wildman–Crippen MR) is 76.0 cm³/mol. The average molecular weight is 327 g/mol. The first-order valence-electron chi connectivity index (χ1n) is 6.57. The molecule has 0 spiro atoms. The molecule has 0 amide bonds. The molecule has 1 saturated carbocycles. The number of thiophene rings is 1. The molecule has 20 heavy (non-hydrogen) atoms. The van der Waals surface area contributed by atoms with Gasteiger partial charge in [0.2, 0.25) is 0 Å². The van der Waals surface area contributed by atoms with Gasteiger partial charge >= 0.3 is 6.18 Å². The molecule has 114 valence electrons. The van der Waals surface area contributed by atoms with Crippen molar-refractivity contribution >= 4 is 23.7 Å². The topological polar surface area (TPSA) is 29.3 Å². The van der Waals surface area contributed by atoms with Crippen LogP contribution in [-0.4, -0.2) is 24.0 Å². The summed E-state index contributed by atoms with van der Waals surface area (Å²) in [6.45, 7) is 2.54. The van der Waals surface area contributed by atoms with E-state index in [4.69, 9.17) is 5.73 Å². The molecule has 3 rings (SSSR count). The van der Waals surface area contributed by atoms with Crippen LogP contribution in [0.15, 0.2) is 12.1 Å². The number of rotatable bonds is 2. The van der Waals surface area contributed by atoms with Crippen LogP contribution in [0.25, 0.3) is 0 Å². The van der Waals surface area contributed by atoms with E-state index in [9.17, 15) is 13.2 Å². The zero-order chi connectivity index (χ0) is 13.6. The van der Waals surface area contributed by atoms with E-state index in [1.807, 2.05) is 0 Å². The first kappa shape index (κ1) is 16.1. The lowest BCUT2D eigenvalue weighted by Gasteiger charge is -2.17. The summed E-state index contributed by atoms with van der Waals surface area (Å²) in [6, 6.07) is 3.06. The number of likely N-dealkylation sites (tertiary alicyclic amines) is 1. The Morgan fingerprint density at radius 2 is 2.00 bits per heavy atom. The number of nitrogens with zero attached hydrogens (tertiary/aromatic N) is 1. The van der Waals surface area contributed by atoms with Crippen LogP contribution in [0.1, 0.15) is 22.6 Å². The van der Waals surface area contributed by atoms with Gasteiger partial charge in [0.1, 0.15) is 4.88 Å². The van der Waals surface area contributed by atoms with Gasteiger partial charge in [-0.15, -0.1) is 23.7 Å². The Bertz CT molecular complexity index is 463. The molecule has 3 unspecified atom stereocenters. The third-order valence-corrected chi connectivity index (χ3v) is 5.42. The third kappa shape index (κ3) is 3.13. The van der Waals surface area contributed by atoms with E-state index in [0.29, 0.717) is 18.4 Å². The van der Waals surface area contributed by atoms with Gasteiger partial charge in [0.25, 0.3) is 0 Å². The van der Waals surface area contributed by atoms with Crippen molar-refractivity contribution < 1.29 is 13.2 Å². The minimum atomic E-state index is -4.22. The zero-order valence-corrected chi connectivity index (χ0v) is 12.5. The van der Waals surface area contributed by atoms with Crippen molar-refractivity contribution in [3.05, 3.63) is 21.9 Å². The fourth-order valence-electron chi connectivity index (χ4n) is 3.36. The molecule has 1 aliphatic carbocycles. The summed E-state index contributed by atoms with van der Waals surface area (Å²) in [6.07, 6.45) is -1.95. The Kier molecular flexibility index (Phi) is 4.69. The molecule has 1 saturated heterocycles. The summed E-state index contributed by atoms with van der Waals surface area (Å²) < 4.78 is 37.6. The summed E-state index contributed by atoms with van der Waals surface area (Å²) in [5.74, 6) is 1.19. The Balaban J connectivity index is 0.00000147. The van der Waals surface area contributed by atoms with E-state index in [-0.39, 0.29) is 18.4 Å². The molecule has 2 aliphatic rings. The van der Waals surface area contributed by atoms with E-state index < -0.39 is 11.1 Å². The van der Waals surface area contributed by atoms with Crippen molar-refractivity contribution in [3.63, 3.8) is 0 Å². The fraction of sp³-hybridized carbons (Fsp3) is 0.692. The molecule has 0 radical (unpaired) electrons. The highest BCUT2D eigenvalue weighted by molar-refractivity contribution is 7.12. The summed E-state index contributed by atoms with van der Waals surface area (Å²) in [5, 5.41) is 0. The Labute approximate surface area is 126 Å². The van der Waals surface area contributed by atoms with Crippen molar-refractivity contribution in [2.75, 3.05) is 13.1 Å². The van der Waals surface area contributed by atoms with Gasteiger partial charge < -0.3 is 5.73 Å². The number of fused-ring (bicyclic) bond motifs is 1. The van der Waals surface area contributed by atoms with Crippen LogP contribution in [0.2, 0.25) is 0 Å². The SMILES string of the molecule is Cl.NC1CCC2CN(Cc3ccc(C(F)(F)F)s3)CC12. The smallest absolute Gasteiger partial charge is 0.327 e. The molecule has 7 heteroatoms. The maximum atomic E-state index is 12.5. The van der Waals surface area contributed by atoms with Gasteiger partial charge in [0.05, 0.1) is 0 Å². The maximum Gasteiger partial charge on any atom is 0.425 e. The minimum Gasteiger partial charge on any atom is -0.327 e. The van der Waals surface area contributed by atoms with Crippen molar-refractivity contribution in [3.8, 4) is 0 Å². The van der Waals surface area contributed by atoms with E-state index in [1.54, 1.807) is 6.07 Å². The number of alkyl halides is 3. The molecule has 1 aromatic heterocycles. The molecular weight excluding hydrogens is 309 g/mol. The van der Waals surface area contributed by atoms with E-state index in [1.165, 1.54) is 12.5 Å². The van der Waals surface area contributed by atoms with Gasteiger partial charge in [-0.2, -0.15) is 13.2 Å². The fourth-order valence-corrected chi connectivity index (χ4v) is 4.28. The van der Waals surface area contributed by atoms with Gasteiger partial charge in [-0.25, -0.2) is 0 Å². The highest BCUT2D eigenvalue weighted by atomic mass is 35.5. The second-order valence-electron chi connectivity index (χ2n) is 5.62. The van der Waals surface area contributed by atoms with E-state index in [0.717, 1.165) is 35.7 Å². The lowest BCUT2D eigenvalue weighted by Crippen LogP contribution is -2.30. The van der Waals surface area contributed by atoms with Crippen molar-refractivity contribution in [2.45, 2.75) is 31.6 Å². The van der Waals surface area contributed by atoms with E-state index >= 15 is 0 Å². The van der Waals surface area contributed by atoms with Crippen molar-refractivity contribution in [1.82, 2.24) is 4.90 Å². The third-order valence-electron chi connectivity index (χ3n) is 4.31. The van der Waals surface area contributed by atoms with Gasteiger partial charge in [-0.05, 0) is 36.8 Å². The predicted octanol–water partition coefficient (Wildman–Crippen LogP) is 3.36. The van der Waals surface area contributed by atoms with Crippen LogP contribution >= 0.6 is 23.7 Å². The van der Waals surface area contributed by atoms with E-state index in [2.05, 4.69) is 4.90 Å². The monoisotopic (exact) mass is 326 g/mol.